The van der Waals surface area contributed by atoms with Crippen molar-refractivity contribution >= 4 is 208 Å². The minimum Gasteiger partial charge on any atom is -0.394 e. The smallest absolute Gasteiger partial charge is 0.394 e. The first-order chi connectivity index (χ1) is 30.9. The van der Waals surface area contributed by atoms with Crippen molar-refractivity contribution in [1.82, 2.24) is 0 Å². The fourth-order valence-electron chi connectivity index (χ4n) is 6.66. The van der Waals surface area contributed by atoms with Crippen molar-refractivity contribution in [2.24, 2.45) is 0 Å². The van der Waals surface area contributed by atoms with E-state index in [-0.39, 0.29) is 0 Å². The lowest BCUT2D eigenvalue weighted by Gasteiger charge is -2.31. The van der Waals surface area contributed by atoms with E-state index in [4.69, 9.17) is 173 Å². The van der Waals surface area contributed by atoms with E-state index in [0.717, 1.165) is 74.8 Å². The van der Waals surface area contributed by atoms with Crippen LogP contribution in [0.4, 0.5) is 0 Å². The molecule has 0 rings (SSSR count). The molecule has 0 bridgehead atoms. The van der Waals surface area contributed by atoms with E-state index in [1.807, 2.05) is 45.8 Å². The molecule has 0 unspecified atom stereocenters. The minimum absolute atomic E-state index is 0.400. The number of hydrogen-bond acceptors (Lipinski definition) is 9. The van der Waals surface area contributed by atoms with Gasteiger partial charge in [0.15, 0.2) is 0 Å². The van der Waals surface area contributed by atoms with E-state index in [1.165, 1.54) is 0 Å². The summed E-state index contributed by atoms with van der Waals surface area (Å²) < 4.78 is 58.9. The molecule has 0 saturated heterocycles. The van der Waals surface area contributed by atoms with E-state index >= 15 is 0 Å². The highest BCUT2D eigenvalue weighted by atomic mass is 35.7. The summed E-state index contributed by atoms with van der Waals surface area (Å²) in [4.78, 5) is 0. The monoisotopic (exact) mass is 1370 g/mol. The van der Waals surface area contributed by atoms with E-state index in [0.29, 0.717) is 96.9 Å². The molecule has 0 aliphatic carbocycles. The molecule has 0 N–H and O–H groups in total. The van der Waals surface area contributed by atoms with Crippen LogP contribution in [0.1, 0.15) is 57.8 Å². The topological polar surface area (TPSA) is 83.1 Å². The molecule has 410 valence electrons. The Balaban J connectivity index is 6.08. The maximum absolute atomic E-state index is 6.64. The molecular formula is C37H84Cl12O9Si10. The fourth-order valence-corrected chi connectivity index (χ4v) is 24.8. The first-order valence-electron chi connectivity index (χ1n) is 23.9. The predicted molar refractivity (Wildman–Crippen MR) is 325 cm³/mol. The van der Waals surface area contributed by atoms with Crippen molar-refractivity contribution < 1.29 is 39.8 Å². The molecule has 0 aromatic carbocycles. The van der Waals surface area contributed by atoms with Crippen LogP contribution in [-0.2, 0) is 39.8 Å². The van der Waals surface area contributed by atoms with E-state index in [2.05, 4.69) is 19.6 Å². The van der Waals surface area contributed by atoms with Gasteiger partial charge in [-0.2, -0.15) is 0 Å². The summed E-state index contributed by atoms with van der Waals surface area (Å²) in [6.07, 6.45) is 6.65. The highest BCUT2D eigenvalue weighted by Crippen LogP contribution is 2.29. The summed E-state index contributed by atoms with van der Waals surface area (Å²) in [6.45, 7) is 10.6. The number of rotatable bonds is 45. The van der Waals surface area contributed by atoms with Crippen LogP contribution in [-0.4, -0.2) is 134 Å². The van der Waals surface area contributed by atoms with Crippen LogP contribution in [0, 0.1) is 0 Å². The van der Waals surface area contributed by atoms with Gasteiger partial charge in [0, 0.05) is 66.0 Å². The maximum Gasteiger partial charge on any atom is 0.497 e. The van der Waals surface area contributed by atoms with Gasteiger partial charge < -0.3 is 39.8 Å². The second-order valence-electron chi connectivity index (χ2n) is 19.3. The Bertz CT molecular complexity index is 1100. The molecule has 0 aromatic rings. The van der Waals surface area contributed by atoms with E-state index < -0.39 is 74.6 Å². The van der Waals surface area contributed by atoms with Gasteiger partial charge in [-0.05, 0) is 171 Å². The Hall–Kier alpha value is 5.29. The van der Waals surface area contributed by atoms with Gasteiger partial charge in [0.05, 0.1) is 0 Å². The van der Waals surface area contributed by atoms with Crippen LogP contribution in [0.5, 0.6) is 0 Å². The van der Waals surface area contributed by atoms with Crippen molar-refractivity contribution in [1.29, 1.82) is 0 Å². The Morgan fingerprint density at radius 3 is 0.485 bits per heavy atom. The molecule has 0 atom stereocenters. The molecule has 0 aromatic heterocycles. The van der Waals surface area contributed by atoms with Crippen molar-refractivity contribution in [3.05, 3.63) is 0 Å². The van der Waals surface area contributed by atoms with Gasteiger partial charge in [-0.15, -0.1) is 133 Å². The van der Waals surface area contributed by atoms with E-state index in [9.17, 15) is 0 Å². The average Bonchev–Trinajstić information content (AvgIpc) is 3.16. The molecule has 0 saturated carbocycles. The summed E-state index contributed by atoms with van der Waals surface area (Å²) in [6, 6.07) is 6.54. The summed E-state index contributed by atoms with van der Waals surface area (Å²) in [5, 5.41) is 0. The molecule has 0 fully saturated rings. The standard InChI is InChI=1S/C37H84Cl12O9Si10/c1-59(38,39)29-11-20-50-65(7,51-21-12-30-60(2,40)41)35-17-26-56-68(10,57-27-18-36-66(8,52-22-13-31-61(3,42)43)53-23-14-32-62(4,44)45)58-28-19-37-67(9,54-24-15-33-63(5,46)47)55-25-16-34-64(6,48)49/h11-37H2,1-10H3. The first kappa shape index (κ1) is 73.3. The molecule has 0 radical (unpaired) electrons. The third-order valence-electron chi connectivity index (χ3n) is 10.4. The minimum atomic E-state index is -3.20. The van der Waals surface area contributed by atoms with Crippen LogP contribution in [0.15, 0.2) is 0 Å². The lowest BCUT2D eigenvalue weighted by molar-refractivity contribution is 0.0628. The van der Waals surface area contributed by atoms with Crippen molar-refractivity contribution in [3.63, 3.8) is 0 Å². The summed E-state index contributed by atoms with van der Waals surface area (Å²) >= 11 is 76.7. The Morgan fingerprint density at radius 2 is 0.338 bits per heavy atom. The van der Waals surface area contributed by atoms with Crippen LogP contribution >= 0.6 is 133 Å². The maximum atomic E-state index is 6.64. The molecule has 68 heavy (non-hydrogen) atoms. The van der Waals surface area contributed by atoms with Crippen molar-refractivity contribution in [2.75, 3.05) is 59.5 Å². The van der Waals surface area contributed by atoms with Gasteiger partial charge in [0.1, 0.15) is 0 Å². The third-order valence-corrected chi connectivity index (χ3v) is 35.5. The lowest BCUT2D eigenvalue weighted by Crippen LogP contribution is -2.45. The zero-order valence-corrected chi connectivity index (χ0v) is 61.4. The highest BCUT2D eigenvalue weighted by Gasteiger charge is 2.39. The van der Waals surface area contributed by atoms with Gasteiger partial charge in [-0.25, -0.2) is 0 Å². The van der Waals surface area contributed by atoms with Gasteiger partial charge >= 0.3 is 34.5 Å². The molecule has 0 spiro atoms. The molecule has 9 nitrogen and oxygen atoms in total. The number of hydrogen-bond donors (Lipinski definition) is 0. The Labute approximate surface area is 479 Å². The lowest BCUT2D eigenvalue weighted by atomic mass is 10.5. The molecule has 0 aliphatic heterocycles. The largest absolute Gasteiger partial charge is 0.497 e. The second-order valence-corrected chi connectivity index (χ2v) is 81.2. The average molecular weight is 1380 g/mol. The highest BCUT2D eigenvalue weighted by molar-refractivity contribution is 7.46. The zero-order valence-electron chi connectivity index (χ0n) is 42.3. The molecule has 0 heterocycles. The fraction of sp³-hybridized carbons (Fsp3) is 1.00. The van der Waals surface area contributed by atoms with Crippen LogP contribution in [0.25, 0.3) is 0 Å². The Morgan fingerprint density at radius 1 is 0.206 bits per heavy atom. The third kappa shape index (κ3) is 47.3. The quantitative estimate of drug-likeness (QED) is 0.0336. The zero-order chi connectivity index (χ0) is 52.5. The SMILES string of the molecule is C[Si](Cl)(Cl)CCCO[Si](C)(CCCO[Si](C)(OCCC[Si](C)(OCCC[Si](C)(Cl)Cl)OCCC[Si](C)(Cl)Cl)OCCC[Si](C)(OCCC[Si](C)(Cl)Cl)OCCC[Si](C)(Cl)Cl)OCCC[Si](C)(Cl)Cl. The summed E-state index contributed by atoms with van der Waals surface area (Å²) in [5.74, 6) is 0. The first-order valence-corrected chi connectivity index (χ1v) is 62.1. The predicted octanol–water partition coefficient (Wildman–Crippen LogP) is 17.7. The molecule has 0 aliphatic rings. The van der Waals surface area contributed by atoms with Gasteiger partial charge in [0.25, 0.3) is 0 Å². The summed E-state index contributed by atoms with van der Waals surface area (Å²) in [7, 11) is -11.1. The van der Waals surface area contributed by atoms with Crippen molar-refractivity contribution in [3.8, 4) is 0 Å². The normalized spacial score (nSPS) is 14.4. The van der Waals surface area contributed by atoms with Gasteiger partial charge in [0.2, 0.25) is 40.2 Å². The van der Waals surface area contributed by atoms with E-state index in [1.54, 1.807) is 0 Å². The Kier molecular flexibility index (Phi) is 38.6. The molecule has 31 heteroatoms. The molecular weight excluding hydrogens is 1290 g/mol. The van der Waals surface area contributed by atoms with Crippen LogP contribution in [0.3, 0.4) is 0 Å². The van der Waals surface area contributed by atoms with Gasteiger partial charge in [-0.3, -0.25) is 0 Å². The number of halogens is 12. The van der Waals surface area contributed by atoms with Crippen molar-refractivity contribution in [2.45, 2.75) is 178 Å². The van der Waals surface area contributed by atoms with Gasteiger partial charge in [-0.1, -0.05) is 0 Å². The van der Waals surface area contributed by atoms with Crippen LogP contribution in [0.2, 0.25) is 120 Å². The van der Waals surface area contributed by atoms with Crippen LogP contribution < -0.4 is 0 Å². The summed E-state index contributed by atoms with van der Waals surface area (Å²) in [5.41, 5.74) is 0. The second kappa shape index (κ2) is 35.8. The molecule has 0 amide bonds.